The van der Waals surface area contributed by atoms with Crippen molar-refractivity contribution in [2.45, 2.75) is 0 Å². The fraction of sp³-hybridized carbons (Fsp3) is 0.278. The molecule has 0 saturated carbocycles. The van der Waals surface area contributed by atoms with Crippen LogP contribution in [0.25, 0.3) is 0 Å². The maximum Gasteiger partial charge on any atom is 0.193 e. The summed E-state index contributed by atoms with van der Waals surface area (Å²) in [5, 5.41) is 0. The van der Waals surface area contributed by atoms with Gasteiger partial charge in [-0.05, 0) is 25.2 Å². The van der Waals surface area contributed by atoms with Gasteiger partial charge in [0, 0.05) is 37.3 Å². The molecule has 0 spiro atoms. The SMILES string of the molecule is CN1CCN(c2ccc(C(=O)c3ccccc3)cc2N)CC1. The van der Waals surface area contributed by atoms with Crippen LogP contribution in [0.15, 0.2) is 48.5 Å². The van der Waals surface area contributed by atoms with Crippen LogP contribution >= 0.6 is 0 Å². The number of nitrogens with two attached hydrogens (primary N) is 1. The molecule has 114 valence electrons. The average Bonchev–Trinajstić information content (AvgIpc) is 2.56. The van der Waals surface area contributed by atoms with Crippen LogP contribution in [0.5, 0.6) is 0 Å². The summed E-state index contributed by atoms with van der Waals surface area (Å²) >= 11 is 0. The molecule has 0 aliphatic carbocycles. The monoisotopic (exact) mass is 295 g/mol. The molecule has 2 aromatic carbocycles. The third-order valence-corrected chi connectivity index (χ3v) is 4.17. The number of benzene rings is 2. The van der Waals surface area contributed by atoms with Gasteiger partial charge in [0.05, 0.1) is 11.4 Å². The molecule has 2 N–H and O–H groups in total. The Balaban J connectivity index is 1.82. The van der Waals surface area contributed by atoms with Crippen molar-refractivity contribution in [1.82, 2.24) is 4.90 Å². The molecule has 0 aromatic heterocycles. The van der Waals surface area contributed by atoms with Crippen molar-refractivity contribution in [1.29, 1.82) is 0 Å². The van der Waals surface area contributed by atoms with Crippen LogP contribution in [0, 0.1) is 0 Å². The van der Waals surface area contributed by atoms with Crippen LogP contribution in [0.2, 0.25) is 0 Å². The van der Waals surface area contributed by atoms with Crippen molar-refractivity contribution in [3.05, 3.63) is 59.7 Å². The molecule has 4 nitrogen and oxygen atoms in total. The second kappa shape index (κ2) is 6.20. The minimum Gasteiger partial charge on any atom is -0.397 e. The number of likely N-dealkylation sites (N-methyl/N-ethyl adjacent to an activating group) is 1. The Hall–Kier alpha value is -2.33. The molecule has 1 aliphatic rings. The van der Waals surface area contributed by atoms with Gasteiger partial charge < -0.3 is 15.5 Å². The highest BCUT2D eigenvalue weighted by molar-refractivity contribution is 6.09. The molecule has 0 atom stereocenters. The van der Waals surface area contributed by atoms with Crippen LogP contribution in [-0.2, 0) is 0 Å². The Morgan fingerprint density at radius 2 is 1.64 bits per heavy atom. The number of carbonyl (C=O) groups is 1. The minimum absolute atomic E-state index is 0.0113. The number of nitrogens with zero attached hydrogens (tertiary/aromatic N) is 2. The first-order chi connectivity index (χ1) is 10.6. The smallest absolute Gasteiger partial charge is 0.193 e. The van der Waals surface area contributed by atoms with Gasteiger partial charge in [0.1, 0.15) is 0 Å². The van der Waals surface area contributed by atoms with E-state index in [4.69, 9.17) is 5.73 Å². The lowest BCUT2D eigenvalue weighted by Gasteiger charge is -2.34. The quantitative estimate of drug-likeness (QED) is 0.697. The van der Waals surface area contributed by atoms with E-state index < -0.39 is 0 Å². The van der Waals surface area contributed by atoms with E-state index in [0.29, 0.717) is 16.8 Å². The Kier molecular flexibility index (Phi) is 4.11. The van der Waals surface area contributed by atoms with Gasteiger partial charge in [-0.15, -0.1) is 0 Å². The lowest BCUT2D eigenvalue weighted by molar-refractivity contribution is 0.103. The highest BCUT2D eigenvalue weighted by Crippen LogP contribution is 2.26. The number of rotatable bonds is 3. The molecule has 0 amide bonds. The number of carbonyl (C=O) groups excluding carboxylic acids is 1. The second-order valence-electron chi connectivity index (χ2n) is 5.76. The molecule has 2 aromatic rings. The number of piperazine rings is 1. The number of hydrogen-bond donors (Lipinski definition) is 1. The summed E-state index contributed by atoms with van der Waals surface area (Å²) in [6.45, 7) is 3.99. The van der Waals surface area contributed by atoms with E-state index in [1.807, 2.05) is 42.5 Å². The zero-order valence-electron chi connectivity index (χ0n) is 12.8. The van der Waals surface area contributed by atoms with Gasteiger partial charge >= 0.3 is 0 Å². The molecule has 0 unspecified atom stereocenters. The Labute approximate surface area is 131 Å². The largest absolute Gasteiger partial charge is 0.397 e. The summed E-state index contributed by atoms with van der Waals surface area (Å²) < 4.78 is 0. The molecule has 1 saturated heterocycles. The molecule has 1 heterocycles. The standard InChI is InChI=1S/C18H21N3O/c1-20-9-11-21(12-10-20)17-8-7-15(13-16(17)19)18(22)14-5-3-2-4-6-14/h2-8,13H,9-12,19H2,1H3. The van der Waals surface area contributed by atoms with E-state index in [0.717, 1.165) is 31.9 Å². The molecular formula is C18H21N3O. The van der Waals surface area contributed by atoms with E-state index in [9.17, 15) is 4.79 Å². The van der Waals surface area contributed by atoms with Crippen molar-refractivity contribution in [3.8, 4) is 0 Å². The van der Waals surface area contributed by atoms with Gasteiger partial charge in [-0.1, -0.05) is 30.3 Å². The van der Waals surface area contributed by atoms with Gasteiger partial charge in [-0.25, -0.2) is 0 Å². The Morgan fingerprint density at radius 3 is 2.27 bits per heavy atom. The van der Waals surface area contributed by atoms with Gasteiger partial charge in [-0.2, -0.15) is 0 Å². The molecule has 3 rings (SSSR count). The third-order valence-electron chi connectivity index (χ3n) is 4.17. The normalized spacial score (nSPS) is 15.8. The predicted molar refractivity (Wildman–Crippen MR) is 90.4 cm³/mol. The summed E-state index contributed by atoms with van der Waals surface area (Å²) in [6, 6.07) is 14.9. The van der Waals surface area contributed by atoms with Crippen LogP contribution in [0.3, 0.4) is 0 Å². The maximum atomic E-state index is 12.5. The zero-order chi connectivity index (χ0) is 15.5. The van der Waals surface area contributed by atoms with Gasteiger partial charge in [-0.3, -0.25) is 4.79 Å². The molecule has 0 radical (unpaired) electrons. The third kappa shape index (κ3) is 2.97. The number of hydrogen-bond acceptors (Lipinski definition) is 4. The lowest BCUT2D eigenvalue weighted by Crippen LogP contribution is -2.44. The van der Waals surface area contributed by atoms with Crippen molar-refractivity contribution < 1.29 is 4.79 Å². The summed E-state index contributed by atoms with van der Waals surface area (Å²) in [4.78, 5) is 17.0. The summed E-state index contributed by atoms with van der Waals surface area (Å²) in [5.41, 5.74) is 9.22. The molecule has 1 fully saturated rings. The van der Waals surface area contributed by atoms with E-state index in [1.54, 1.807) is 6.07 Å². The van der Waals surface area contributed by atoms with Gasteiger partial charge in [0.25, 0.3) is 0 Å². The summed E-state index contributed by atoms with van der Waals surface area (Å²) in [6.07, 6.45) is 0. The predicted octanol–water partition coefficient (Wildman–Crippen LogP) is 2.25. The first-order valence-corrected chi connectivity index (χ1v) is 7.58. The molecule has 0 bridgehead atoms. The molecule has 4 heteroatoms. The van der Waals surface area contributed by atoms with Crippen LogP contribution in [0.1, 0.15) is 15.9 Å². The van der Waals surface area contributed by atoms with E-state index >= 15 is 0 Å². The van der Waals surface area contributed by atoms with Crippen molar-refractivity contribution in [2.24, 2.45) is 0 Å². The average molecular weight is 295 g/mol. The Morgan fingerprint density at radius 1 is 0.955 bits per heavy atom. The summed E-state index contributed by atoms with van der Waals surface area (Å²) in [7, 11) is 2.13. The molecule has 22 heavy (non-hydrogen) atoms. The summed E-state index contributed by atoms with van der Waals surface area (Å²) in [5.74, 6) is 0.0113. The highest BCUT2D eigenvalue weighted by Gasteiger charge is 2.17. The van der Waals surface area contributed by atoms with Gasteiger partial charge in [0.2, 0.25) is 0 Å². The number of nitrogen functional groups attached to an aromatic ring is 1. The second-order valence-corrected chi connectivity index (χ2v) is 5.76. The first-order valence-electron chi connectivity index (χ1n) is 7.58. The van der Waals surface area contributed by atoms with E-state index in [1.165, 1.54) is 0 Å². The number of anilines is 2. The van der Waals surface area contributed by atoms with Crippen LogP contribution in [-0.4, -0.2) is 43.9 Å². The minimum atomic E-state index is 0.0113. The van der Waals surface area contributed by atoms with Crippen molar-refractivity contribution >= 4 is 17.2 Å². The zero-order valence-corrected chi connectivity index (χ0v) is 12.8. The van der Waals surface area contributed by atoms with Crippen molar-refractivity contribution in [3.63, 3.8) is 0 Å². The van der Waals surface area contributed by atoms with E-state index in [2.05, 4.69) is 16.8 Å². The maximum absolute atomic E-state index is 12.5. The molecule has 1 aliphatic heterocycles. The van der Waals surface area contributed by atoms with E-state index in [-0.39, 0.29) is 5.78 Å². The Bertz CT molecular complexity index is 661. The first kappa shape index (κ1) is 14.6. The van der Waals surface area contributed by atoms with Crippen molar-refractivity contribution in [2.75, 3.05) is 43.9 Å². The van der Waals surface area contributed by atoms with Crippen LogP contribution < -0.4 is 10.6 Å². The fourth-order valence-corrected chi connectivity index (χ4v) is 2.79. The fourth-order valence-electron chi connectivity index (χ4n) is 2.79. The highest BCUT2D eigenvalue weighted by atomic mass is 16.1. The van der Waals surface area contributed by atoms with Crippen LogP contribution in [0.4, 0.5) is 11.4 Å². The van der Waals surface area contributed by atoms with Gasteiger partial charge in [0.15, 0.2) is 5.78 Å². The lowest BCUT2D eigenvalue weighted by atomic mass is 10.0. The molecular weight excluding hydrogens is 274 g/mol. The topological polar surface area (TPSA) is 49.6 Å². The number of ketones is 1.